The van der Waals surface area contributed by atoms with E-state index in [-0.39, 0.29) is 6.10 Å². The van der Waals surface area contributed by atoms with Crippen molar-refractivity contribution in [1.82, 2.24) is 0 Å². The number of aliphatic hydroxyl groups excluding tert-OH is 1. The number of rotatable bonds is 0. The second-order valence-corrected chi connectivity index (χ2v) is 3.15. The molecule has 0 aromatic heterocycles. The summed E-state index contributed by atoms with van der Waals surface area (Å²) in [5.41, 5.74) is 2.03. The minimum absolute atomic E-state index is 0.339. The van der Waals surface area contributed by atoms with Crippen LogP contribution in [0.1, 0.15) is 23.7 Å². The number of aryl methyl sites for hydroxylation is 1. The van der Waals surface area contributed by atoms with Crippen molar-refractivity contribution in [1.29, 1.82) is 0 Å². The lowest BCUT2D eigenvalue weighted by atomic mass is 10.0. The fourth-order valence-electron chi connectivity index (χ4n) is 1.56. The molecule has 0 unspecified atom stereocenters. The first-order chi connectivity index (χ1) is 5.79. The number of fused-ring (bicyclic) bond motifs is 1. The van der Waals surface area contributed by atoms with Gasteiger partial charge in [-0.25, -0.2) is 0 Å². The molecule has 0 saturated carbocycles. The van der Waals surface area contributed by atoms with Crippen molar-refractivity contribution in [3.63, 3.8) is 0 Å². The number of hydrogen-bond acceptors (Lipinski definition) is 2. The van der Waals surface area contributed by atoms with Gasteiger partial charge in [-0.3, -0.25) is 0 Å². The summed E-state index contributed by atoms with van der Waals surface area (Å²) in [4.78, 5) is 0. The van der Waals surface area contributed by atoms with Crippen molar-refractivity contribution in [3.8, 4) is 5.75 Å². The first-order valence-electron chi connectivity index (χ1n) is 4.19. The van der Waals surface area contributed by atoms with E-state index in [0.717, 1.165) is 16.9 Å². The second kappa shape index (κ2) is 2.79. The molecule has 2 rings (SSSR count). The molecular formula is C10H12O2. The monoisotopic (exact) mass is 164 g/mol. The van der Waals surface area contributed by atoms with E-state index in [1.54, 1.807) is 0 Å². The van der Waals surface area contributed by atoms with Gasteiger partial charge in [0.15, 0.2) is 0 Å². The standard InChI is InChI=1S/C10H12O2/c1-7-3-2-4-8-9(11)5-6-12-10(7)8/h2-4,9,11H,5-6H2,1H3/t9-/m1/s1. The Bertz CT molecular complexity index is 294. The number of hydrogen-bond donors (Lipinski definition) is 1. The molecule has 0 amide bonds. The number of aliphatic hydroxyl groups is 1. The molecule has 0 fully saturated rings. The van der Waals surface area contributed by atoms with Crippen LogP contribution in [-0.2, 0) is 0 Å². The van der Waals surface area contributed by atoms with Crippen LogP contribution in [0.2, 0.25) is 0 Å². The molecule has 12 heavy (non-hydrogen) atoms. The van der Waals surface area contributed by atoms with E-state index in [4.69, 9.17) is 4.74 Å². The highest BCUT2D eigenvalue weighted by molar-refractivity contribution is 5.43. The number of benzene rings is 1. The molecule has 0 spiro atoms. The summed E-state index contributed by atoms with van der Waals surface area (Å²) >= 11 is 0. The average molecular weight is 164 g/mol. The molecule has 1 heterocycles. The van der Waals surface area contributed by atoms with Crippen LogP contribution in [0.3, 0.4) is 0 Å². The summed E-state index contributed by atoms with van der Waals surface area (Å²) in [5.74, 6) is 0.872. The van der Waals surface area contributed by atoms with Crippen LogP contribution in [0.5, 0.6) is 5.75 Å². The predicted octanol–water partition coefficient (Wildman–Crippen LogP) is 1.81. The van der Waals surface area contributed by atoms with Gasteiger partial charge in [0.25, 0.3) is 0 Å². The molecule has 1 aromatic carbocycles. The maximum Gasteiger partial charge on any atom is 0.127 e. The Morgan fingerprint density at radius 2 is 2.33 bits per heavy atom. The Morgan fingerprint density at radius 3 is 3.08 bits per heavy atom. The quantitative estimate of drug-likeness (QED) is 0.633. The van der Waals surface area contributed by atoms with E-state index >= 15 is 0 Å². The van der Waals surface area contributed by atoms with E-state index in [0.29, 0.717) is 13.0 Å². The molecule has 2 nitrogen and oxygen atoms in total. The van der Waals surface area contributed by atoms with Gasteiger partial charge in [-0.2, -0.15) is 0 Å². The van der Waals surface area contributed by atoms with E-state index in [2.05, 4.69) is 0 Å². The fourth-order valence-corrected chi connectivity index (χ4v) is 1.56. The molecule has 0 bridgehead atoms. The van der Waals surface area contributed by atoms with E-state index in [1.807, 2.05) is 25.1 Å². The van der Waals surface area contributed by atoms with Gasteiger partial charge in [0.1, 0.15) is 5.75 Å². The van der Waals surface area contributed by atoms with Gasteiger partial charge in [0.2, 0.25) is 0 Å². The van der Waals surface area contributed by atoms with Crippen molar-refractivity contribution in [3.05, 3.63) is 29.3 Å². The molecule has 1 N–H and O–H groups in total. The predicted molar refractivity (Wildman–Crippen MR) is 46.3 cm³/mol. The number of ether oxygens (including phenoxy) is 1. The lowest BCUT2D eigenvalue weighted by Gasteiger charge is -2.23. The lowest BCUT2D eigenvalue weighted by molar-refractivity contribution is 0.115. The number of para-hydroxylation sites is 1. The third kappa shape index (κ3) is 1.08. The Kier molecular flexibility index (Phi) is 1.77. The van der Waals surface area contributed by atoms with Crippen LogP contribution in [0.4, 0.5) is 0 Å². The van der Waals surface area contributed by atoms with Crippen LogP contribution >= 0.6 is 0 Å². The molecule has 2 heteroatoms. The zero-order chi connectivity index (χ0) is 8.55. The summed E-state index contributed by atoms with van der Waals surface area (Å²) in [6.45, 7) is 2.62. The molecular weight excluding hydrogens is 152 g/mol. The van der Waals surface area contributed by atoms with Gasteiger partial charge in [0.05, 0.1) is 12.7 Å². The van der Waals surface area contributed by atoms with E-state index in [9.17, 15) is 5.11 Å². The van der Waals surface area contributed by atoms with Crippen LogP contribution < -0.4 is 4.74 Å². The van der Waals surface area contributed by atoms with Crippen LogP contribution in [0.15, 0.2) is 18.2 Å². The maximum absolute atomic E-state index is 9.61. The Hall–Kier alpha value is -1.02. The van der Waals surface area contributed by atoms with Gasteiger partial charge in [-0.1, -0.05) is 18.2 Å². The van der Waals surface area contributed by atoms with Gasteiger partial charge < -0.3 is 9.84 Å². The summed E-state index contributed by atoms with van der Waals surface area (Å²) in [5, 5.41) is 9.61. The van der Waals surface area contributed by atoms with Crippen LogP contribution in [-0.4, -0.2) is 11.7 Å². The first kappa shape index (κ1) is 7.62. The van der Waals surface area contributed by atoms with Crippen molar-refractivity contribution < 1.29 is 9.84 Å². The summed E-state index contributed by atoms with van der Waals surface area (Å²) in [6, 6.07) is 5.87. The zero-order valence-electron chi connectivity index (χ0n) is 7.08. The lowest BCUT2D eigenvalue weighted by Crippen LogP contribution is -2.14. The first-order valence-corrected chi connectivity index (χ1v) is 4.19. The van der Waals surface area contributed by atoms with Gasteiger partial charge in [-0.05, 0) is 12.5 Å². The molecule has 1 aromatic rings. The highest BCUT2D eigenvalue weighted by atomic mass is 16.5. The third-order valence-electron chi connectivity index (χ3n) is 2.24. The zero-order valence-corrected chi connectivity index (χ0v) is 7.08. The van der Waals surface area contributed by atoms with Crippen molar-refractivity contribution in [2.75, 3.05) is 6.61 Å². The van der Waals surface area contributed by atoms with Crippen LogP contribution in [0.25, 0.3) is 0 Å². The van der Waals surface area contributed by atoms with Crippen molar-refractivity contribution >= 4 is 0 Å². The van der Waals surface area contributed by atoms with Crippen molar-refractivity contribution in [2.45, 2.75) is 19.4 Å². The maximum atomic E-state index is 9.61. The summed E-state index contributed by atoms with van der Waals surface area (Å²) < 4.78 is 5.46. The Balaban J connectivity index is 2.52. The molecule has 64 valence electrons. The largest absolute Gasteiger partial charge is 0.493 e. The molecule has 0 aliphatic carbocycles. The molecule has 1 atom stereocenters. The van der Waals surface area contributed by atoms with Gasteiger partial charge >= 0.3 is 0 Å². The normalized spacial score (nSPS) is 21.3. The molecule has 1 aliphatic heterocycles. The van der Waals surface area contributed by atoms with E-state index < -0.39 is 0 Å². The minimum atomic E-state index is -0.339. The molecule has 1 aliphatic rings. The topological polar surface area (TPSA) is 29.5 Å². The smallest absolute Gasteiger partial charge is 0.127 e. The Labute approximate surface area is 71.8 Å². The SMILES string of the molecule is Cc1cccc2c1OCC[C@H]2O. The highest BCUT2D eigenvalue weighted by Crippen LogP contribution is 2.33. The van der Waals surface area contributed by atoms with Crippen LogP contribution in [0, 0.1) is 6.92 Å². The fraction of sp³-hybridized carbons (Fsp3) is 0.400. The van der Waals surface area contributed by atoms with E-state index in [1.165, 1.54) is 0 Å². The Morgan fingerprint density at radius 1 is 1.50 bits per heavy atom. The average Bonchev–Trinajstić information content (AvgIpc) is 2.07. The molecule has 0 radical (unpaired) electrons. The third-order valence-corrected chi connectivity index (χ3v) is 2.24. The molecule has 0 saturated heterocycles. The minimum Gasteiger partial charge on any atom is -0.493 e. The highest BCUT2D eigenvalue weighted by Gasteiger charge is 2.19. The van der Waals surface area contributed by atoms with Gasteiger partial charge in [-0.15, -0.1) is 0 Å². The van der Waals surface area contributed by atoms with Gasteiger partial charge in [0, 0.05) is 12.0 Å². The van der Waals surface area contributed by atoms with Crippen molar-refractivity contribution in [2.24, 2.45) is 0 Å². The summed E-state index contributed by atoms with van der Waals surface area (Å²) in [6.07, 6.45) is 0.366. The summed E-state index contributed by atoms with van der Waals surface area (Å²) in [7, 11) is 0. The second-order valence-electron chi connectivity index (χ2n) is 3.15.